The number of carbonyl (C=O) groups is 1. The van der Waals surface area contributed by atoms with Crippen LogP contribution in [-0.2, 0) is 6.54 Å². The molecule has 18 heavy (non-hydrogen) atoms. The number of hydrogen-bond donors (Lipinski definition) is 2. The molecule has 0 bridgehead atoms. The number of methoxy groups -OCH3 is 1. The lowest BCUT2D eigenvalue weighted by Crippen LogP contribution is -2.23. The first-order valence-electron chi connectivity index (χ1n) is 5.66. The van der Waals surface area contributed by atoms with E-state index in [0.717, 1.165) is 5.56 Å². The third-order valence-corrected chi connectivity index (χ3v) is 2.55. The van der Waals surface area contributed by atoms with Crippen LogP contribution in [0, 0.1) is 0 Å². The van der Waals surface area contributed by atoms with Gasteiger partial charge in [-0.15, -0.1) is 0 Å². The minimum Gasteiger partial charge on any atom is -0.496 e. The summed E-state index contributed by atoms with van der Waals surface area (Å²) < 4.78 is 5.25. The summed E-state index contributed by atoms with van der Waals surface area (Å²) in [6.07, 6.45) is 1.62. The summed E-state index contributed by atoms with van der Waals surface area (Å²) in [6, 6.07) is 1.61. The van der Waals surface area contributed by atoms with E-state index in [1.54, 1.807) is 26.4 Å². The molecule has 0 aliphatic carbocycles. The van der Waals surface area contributed by atoms with Gasteiger partial charge in [-0.05, 0) is 7.05 Å². The highest BCUT2D eigenvalue weighted by molar-refractivity contribution is 5.92. The molecule has 0 aromatic carbocycles. The zero-order valence-electron chi connectivity index (χ0n) is 10.9. The first-order valence-corrected chi connectivity index (χ1v) is 5.66. The zero-order valence-corrected chi connectivity index (χ0v) is 10.9. The van der Waals surface area contributed by atoms with Gasteiger partial charge in [0.25, 0.3) is 5.91 Å². The Morgan fingerprint density at radius 2 is 2.33 bits per heavy atom. The van der Waals surface area contributed by atoms with Crippen LogP contribution in [0.5, 0.6) is 5.75 Å². The first-order chi connectivity index (χ1) is 8.62. The van der Waals surface area contributed by atoms with Crippen LogP contribution in [0.2, 0.25) is 0 Å². The molecular weight excluding hydrogens is 234 g/mol. The standard InChI is InChI=1S/C12H19N3O3/c1-13-12(17)10-6-11(18-3)9(7-14-10)8-15(2)4-5-16/h6-7,16H,4-5,8H2,1-3H3,(H,13,17). The number of aromatic nitrogens is 1. The molecule has 6 nitrogen and oxygen atoms in total. The number of hydrogen-bond acceptors (Lipinski definition) is 5. The molecule has 0 fully saturated rings. The molecule has 0 aliphatic heterocycles. The van der Waals surface area contributed by atoms with E-state index in [1.165, 1.54) is 0 Å². The van der Waals surface area contributed by atoms with Gasteiger partial charge in [0.15, 0.2) is 0 Å². The molecule has 100 valence electrons. The van der Waals surface area contributed by atoms with Crippen molar-refractivity contribution in [2.75, 3.05) is 34.4 Å². The SMILES string of the molecule is CNC(=O)c1cc(OC)c(CN(C)CCO)cn1. The van der Waals surface area contributed by atoms with Crippen molar-refractivity contribution >= 4 is 5.91 Å². The average Bonchev–Trinajstić information content (AvgIpc) is 2.38. The van der Waals surface area contributed by atoms with Crippen molar-refractivity contribution < 1.29 is 14.6 Å². The van der Waals surface area contributed by atoms with Crippen molar-refractivity contribution in [3.05, 3.63) is 23.5 Å². The van der Waals surface area contributed by atoms with E-state index in [4.69, 9.17) is 9.84 Å². The van der Waals surface area contributed by atoms with Gasteiger partial charge in [0.2, 0.25) is 0 Å². The van der Waals surface area contributed by atoms with Crippen LogP contribution in [-0.4, -0.2) is 55.3 Å². The maximum atomic E-state index is 11.4. The molecule has 0 saturated heterocycles. The Hall–Kier alpha value is -1.66. The normalized spacial score (nSPS) is 10.5. The molecule has 0 saturated carbocycles. The quantitative estimate of drug-likeness (QED) is 0.739. The van der Waals surface area contributed by atoms with Crippen LogP contribution in [0.4, 0.5) is 0 Å². The molecule has 2 N–H and O–H groups in total. The van der Waals surface area contributed by atoms with Gasteiger partial charge >= 0.3 is 0 Å². The van der Waals surface area contributed by atoms with Crippen molar-refractivity contribution in [1.82, 2.24) is 15.2 Å². The van der Waals surface area contributed by atoms with Crippen LogP contribution in [0.25, 0.3) is 0 Å². The highest BCUT2D eigenvalue weighted by Gasteiger charge is 2.11. The number of nitrogens with zero attached hydrogens (tertiary/aromatic N) is 2. The fourth-order valence-electron chi connectivity index (χ4n) is 1.57. The summed E-state index contributed by atoms with van der Waals surface area (Å²) in [7, 11) is 5.00. The molecule has 1 amide bonds. The second kappa shape index (κ2) is 6.93. The predicted molar refractivity (Wildman–Crippen MR) is 67.6 cm³/mol. The van der Waals surface area contributed by atoms with E-state index >= 15 is 0 Å². The monoisotopic (exact) mass is 253 g/mol. The molecule has 0 aliphatic rings. The molecule has 6 heteroatoms. The highest BCUT2D eigenvalue weighted by Crippen LogP contribution is 2.19. The Balaban J connectivity index is 2.89. The van der Waals surface area contributed by atoms with E-state index in [-0.39, 0.29) is 12.5 Å². The maximum Gasteiger partial charge on any atom is 0.269 e. The lowest BCUT2D eigenvalue weighted by molar-refractivity contribution is 0.0957. The number of likely N-dealkylation sites (N-methyl/N-ethyl adjacent to an activating group) is 1. The van der Waals surface area contributed by atoms with Gasteiger partial charge in [0, 0.05) is 38.0 Å². The van der Waals surface area contributed by atoms with Crippen molar-refractivity contribution in [2.24, 2.45) is 0 Å². The molecule has 0 radical (unpaired) electrons. The Bertz CT molecular complexity index is 410. The third kappa shape index (κ3) is 3.68. The van der Waals surface area contributed by atoms with E-state index in [0.29, 0.717) is 24.5 Å². The summed E-state index contributed by atoms with van der Waals surface area (Å²) in [5.74, 6) is 0.372. The molecule has 0 unspecified atom stereocenters. The lowest BCUT2D eigenvalue weighted by atomic mass is 10.2. The van der Waals surface area contributed by atoms with Crippen molar-refractivity contribution in [2.45, 2.75) is 6.54 Å². The number of ether oxygens (including phenoxy) is 1. The largest absolute Gasteiger partial charge is 0.496 e. The second-order valence-corrected chi connectivity index (χ2v) is 3.92. The molecule has 0 spiro atoms. The minimum absolute atomic E-state index is 0.0998. The van der Waals surface area contributed by atoms with Crippen molar-refractivity contribution in [3.8, 4) is 5.75 Å². The number of rotatable bonds is 6. The van der Waals surface area contributed by atoms with Crippen LogP contribution in [0.3, 0.4) is 0 Å². The van der Waals surface area contributed by atoms with E-state index in [9.17, 15) is 4.79 Å². The number of carbonyl (C=O) groups excluding carboxylic acids is 1. The average molecular weight is 253 g/mol. The van der Waals surface area contributed by atoms with Gasteiger partial charge in [-0.3, -0.25) is 14.7 Å². The number of amides is 1. The van der Waals surface area contributed by atoms with Gasteiger partial charge in [0.1, 0.15) is 11.4 Å². The summed E-state index contributed by atoms with van der Waals surface area (Å²) in [4.78, 5) is 17.5. The molecule has 1 rings (SSSR count). The first kappa shape index (κ1) is 14.4. The molecule has 1 aromatic rings. The van der Waals surface area contributed by atoms with Gasteiger partial charge < -0.3 is 15.2 Å². The van der Waals surface area contributed by atoms with Crippen LogP contribution < -0.4 is 10.1 Å². The summed E-state index contributed by atoms with van der Waals surface area (Å²) >= 11 is 0. The third-order valence-electron chi connectivity index (χ3n) is 2.55. The Morgan fingerprint density at radius 1 is 1.61 bits per heavy atom. The highest BCUT2D eigenvalue weighted by atomic mass is 16.5. The van der Waals surface area contributed by atoms with Crippen LogP contribution in [0.15, 0.2) is 12.3 Å². The van der Waals surface area contributed by atoms with E-state index < -0.39 is 0 Å². The fourth-order valence-corrected chi connectivity index (χ4v) is 1.57. The molecule has 0 atom stereocenters. The van der Waals surface area contributed by atoms with Crippen molar-refractivity contribution in [1.29, 1.82) is 0 Å². The van der Waals surface area contributed by atoms with Crippen LogP contribution >= 0.6 is 0 Å². The van der Waals surface area contributed by atoms with Gasteiger partial charge in [-0.25, -0.2) is 0 Å². The number of pyridine rings is 1. The van der Waals surface area contributed by atoms with E-state index in [2.05, 4.69) is 10.3 Å². The molecular formula is C12H19N3O3. The summed E-state index contributed by atoms with van der Waals surface area (Å²) in [6.45, 7) is 1.27. The second-order valence-electron chi connectivity index (χ2n) is 3.92. The predicted octanol–water partition coefficient (Wildman–Crippen LogP) is -0.126. The summed E-state index contributed by atoms with van der Waals surface area (Å²) in [5.41, 5.74) is 1.20. The Kier molecular flexibility index (Phi) is 5.54. The van der Waals surface area contributed by atoms with E-state index in [1.807, 2.05) is 11.9 Å². The number of aliphatic hydroxyl groups is 1. The van der Waals surface area contributed by atoms with Crippen LogP contribution in [0.1, 0.15) is 16.1 Å². The Morgan fingerprint density at radius 3 is 2.89 bits per heavy atom. The maximum absolute atomic E-state index is 11.4. The fraction of sp³-hybridized carbons (Fsp3) is 0.500. The smallest absolute Gasteiger partial charge is 0.269 e. The van der Waals surface area contributed by atoms with Gasteiger partial charge in [-0.1, -0.05) is 0 Å². The Labute approximate surface area is 107 Å². The summed E-state index contributed by atoms with van der Waals surface area (Å²) in [5, 5.41) is 11.4. The zero-order chi connectivity index (χ0) is 13.5. The van der Waals surface area contributed by atoms with Crippen molar-refractivity contribution in [3.63, 3.8) is 0 Å². The lowest BCUT2D eigenvalue weighted by Gasteiger charge is -2.17. The number of nitrogens with one attached hydrogen (secondary N) is 1. The molecule has 1 aromatic heterocycles. The number of aliphatic hydroxyl groups excluding tert-OH is 1. The van der Waals surface area contributed by atoms with Gasteiger partial charge in [-0.2, -0.15) is 0 Å². The molecule has 1 heterocycles. The topological polar surface area (TPSA) is 74.7 Å². The van der Waals surface area contributed by atoms with Gasteiger partial charge in [0.05, 0.1) is 13.7 Å². The minimum atomic E-state index is -0.247.